The van der Waals surface area contributed by atoms with Gasteiger partial charge >= 0.3 is 0 Å². The second kappa shape index (κ2) is 6.79. The highest BCUT2D eigenvalue weighted by molar-refractivity contribution is 14.1. The number of hydrogen-bond acceptors (Lipinski definition) is 2. The first-order valence-corrected chi connectivity index (χ1v) is 8.50. The standard InChI is InChI=1S/C18H20INO/c1-20-17(13-6-8-15(19)9-7-13)12-14-10-11-21-18-5-3-2-4-16(14)18/h2-9,14,17,20H,10-12H2,1H3. The third-order valence-corrected chi connectivity index (χ3v) is 4.94. The summed E-state index contributed by atoms with van der Waals surface area (Å²) < 4.78 is 7.05. The monoisotopic (exact) mass is 393 g/mol. The second-order valence-corrected chi connectivity index (χ2v) is 6.75. The Morgan fingerprint density at radius 1 is 1.19 bits per heavy atom. The predicted molar refractivity (Wildman–Crippen MR) is 94.9 cm³/mol. The normalized spacial score (nSPS) is 18.7. The predicted octanol–water partition coefficient (Wildman–Crippen LogP) is 4.51. The molecule has 2 nitrogen and oxygen atoms in total. The highest BCUT2D eigenvalue weighted by Gasteiger charge is 2.24. The van der Waals surface area contributed by atoms with E-state index >= 15 is 0 Å². The van der Waals surface area contributed by atoms with Gasteiger partial charge in [-0.15, -0.1) is 0 Å². The summed E-state index contributed by atoms with van der Waals surface area (Å²) in [7, 11) is 2.05. The maximum atomic E-state index is 5.77. The Morgan fingerprint density at radius 2 is 1.95 bits per heavy atom. The molecule has 0 aliphatic carbocycles. The fourth-order valence-corrected chi connectivity index (χ4v) is 3.42. The number of benzene rings is 2. The molecule has 1 N–H and O–H groups in total. The van der Waals surface area contributed by atoms with E-state index in [2.05, 4.69) is 76.4 Å². The van der Waals surface area contributed by atoms with E-state index in [1.165, 1.54) is 14.7 Å². The maximum Gasteiger partial charge on any atom is 0.122 e. The first-order valence-electron chi connectivity index (χ1n) is 7.42. The number of fused-ring (bicyclic) bond motifs is 1. The van der Waals surface area contributed by atoms with Crippen LogP contribution in [0.1, 0.15) is 35.9 Å². The summed E-state index contributed by atoms with van der Waals surface area (Å²) in [5, 5.41) is 3.47. The van der Waals surface area contributed by atoms with E-state index in [1.54, 1.807) is 0 Å². The van der Waals surface area contributed by atoms with E-state index in [0.717, 1.165) is 25.2 Å². The Morgan fingerprint density at radius 3 is 2.71 bits per heavy atom. The highest BCUT2D eigenvalue weighted by Crippen LogP contribution is 2.38. The van der Waals surface area contributed by atoms with Crippen LogP contribution in [0.5, 0.6) is 5.75 Å². The van der Waals surface area contributed by atoms with Gasteiger partial charge in [0.15, 0.2) is 0 Å². The minimum absolute atomic E-state index is 0.387. The number of hydrogen-bond donors (Lipinski definition) is 1. The number of ether oxygens (including phenoxy) is 1. The van der Waals surface area contributed by atoms with Crippen LogP contribution >= 0.6 is 22.6 Å². The smallest absolute Gasteiger partial charge is 0.122 e. The molecule has 110 valence electrons. The van der Waals surface area contributed by atoms with Gasteiger partial charge in [-0.3, -0.25) is 0 Å². The molecule has 0 saturated heterocycles. The molecule has 2 aromatic carbocycles. The average Bonchev–Trinajstić information content (AvgIpc) is 2.54. The van der Waals surface area contributed by atoms with Crippen molar-refractivity contribution in [2.45, 2.75) is 24.8 Å². The van der Waals surface area contributed by atoms with Gasteiger partial charge in [-0.25, -0.2) is 0 Å². The highest BCUT2D eigenvalue weighted by atomic mass is 127. The summed E-state index contributed by atoms with van der Waals surface area (Å²) in [6.07, 6.45) is 2.21. The number of nitrogens with one attached hydrogen (secondary N) is 1. The first-order chi connectivity index (χ1) is 10.3. The fourth-order valence-electron chi connectivity index (χ4n) is 3.06. The molecule has 1 aliphatic rings. The summed E-state index contributed by atoms with van der Waals surface area (Å²) >= 11 is 2.35. The quantitative estimate of drug-likeness (QED) is 0.772. The van der Waals surface area contributed by atoms with Gasteiger partial charge in [0.1, 0.15) is 5.75 Å². The van der Waals surface area contributed by atoms with Crippen molar-refractivity contribution in [3.8, 4) is 5.75 Å². The van der Waals surface area contributed by atoms with Crippen LogP contribution in [0.3, 0.4) is 0 Å². The van der Waals surface area contributed by atoms with Crippen molar-refractivity contribution in [1.82, 2.24) is 5.32 Å². The zero-order valence-corrected chi connectivity index (χ0v) is 14.3. The fraction of sp³-hybridized carbons (Fsp3) is 0.333. The van der Waals surface area contributed by atoms with Crippen molar-refractivity contribution in [3.63, 3.8) is 0 Å². The van der Waals surface area contributed by atoms with Crippen LogP contribution in [0.2, 0.25) is 0 Å². The van der Waals surface area contributed by atoms with Crippen LogP contribution < -0.4 is 10.1 Å². The molecule has 2 aromatic rings. The third-order valence-electron chi connectivity index (χ3n) is 4.22. The lowest BCUT2D eigenvalue weighted by atomic mass is 9.85. The van der Waals surface area contributed by atoms with Crippen LogP contribution in [-0.4, -0.2) is 13.7 Å². The van der Waals surface area contributed by atoms with E-state index in [9.17, 15) is 0 Å². The van der Waals surface area contributed by atoms with E-state index in [4.69, 9.17) is 4.74 Å². The molecule has 2 unspecified atom stereocenters. The zero-order chi connectivity index (χ0) is 14.7. The van der Waals surface area contributed by atoms with Gasteiger partial charge in [-0.05, 0) is 77.7 Å². The molecule has 0 aromatic heterocycles. The van der Waals surface area contributed by atoms with Crippen LogP contribution in [0.4, 0.5) is 0 Å². The molecule has 21 heavy (non-hydrogen) atoms. The molecule has 0 spiro atoms. The summed E-state index contributed by atoms with van der Waals surface area (Å²) in [6.45, 7) is 0.824. The lowest BCUT2D eigenvalue weighted by Gasteiger charge is -2.29. The van der Waals surface area contributed by atoms with Gasteiger partial charge < -0.3 is 10.1 Å². The Kier molecular flexibility index (Phi) is 4.80. The molecule has 0 bridgehead atoms. The van der Waals surface area contributed by atoms with Crippen molar-refractivity contribution >= 4 is 22.6 Å². The summed E-state index contributed by atoms with van der Waals surface area (Å²) in [4.78, 5) is 0. The minimum Gasteiger partial charge on any atom is -0.493 e. The van der Waals surface area contributed by atoms with Gasteiger partial charge in [-0.2, -0.15) is 0 Å². The lowest BCUT2D eigenvalue weighted by Crippen LogP contribution is -2.22. The van der Waals surface area contributed by atoms with Crippen LogP contribution in [0, 0.1) is 3.57 Å². The molecule has 2 atom stereocenters. The van der Waals surface area contributed by atoms with Crippen LogP contribution in [0.15, 0.2) is 48.5 Å². The SMILES string of the molecule is CNC(CC1CCOc2ccccc21)c1ccc(I)cc1. The lowest BCUT2D eigenvalue weighted by molar-refractivity contribution is 0.256. The van der Waals surface area contributed by atoms with E-state index in [0.29, 0.717) is 12.0 Å². The van der Waals surface area contributed by atoms with Gasteiger partial charge in [0.25, 0.3) is 0 Å². The van der Waals surface area contributed by atoms with Crippen molar-refractivity contribution in [3.05, 3.63) is 63.2 Å². The van der Waals surface area contributed by atoms with Crippen LogP contribution in [0.25, 0.3) is 0 Å². The topological polar surface area (TPSA) is 21.3 Å². The molecule has 0 saturated carbocycles. The Bertz CT molecular complexity index is 596. The Hall–Kier alpha value is -1.07. The molecule has 3 heteroatoms. The largest absolute Gasteiger partial charge is 0.493 e. The molecule has 0 amide bonds. The first kappa shape index (κ1) is 14.9. The zero-order valence-electron chi connectivity index (χ0n) is 12.2. The minimum atomic E-state index is 0.387. The van der Waals surface area contributed by atoms with Crippen molar-refractivity contribution < 1.29 is 4.74 Å². The molecule has 1 aliphatic heterocycles. The molecular formula is C18H20INO. The molecule has 0 radical (unpaired) electrons. The Balaban J connectivity index is 1.80. The molecule has 0 fully saturated rings. The number of rotatable bonds is 4. The summed E-state index contributed by atoms with van der Waals surface area (Å²) in [6, 6.07) is 17.7. The van der Waals surface area contributed by atoms with Crippen molar-refractivity contribution in [2.75, 3.05) is 13.7 Å². The summed E-state index contributed by atoms with van der Waals surface area (Å²) in [5.41, 5.74) is 2.72. The molecule has 1 heterocycles. The van der Waals surface area contributed by atoms with E-state index in [-0.39, 0.29) is 0 Å². The van der Waals surface area contributed by atoms with E-state index < -0.39 is 0 Å². The molecular weight excluding hydrogens is 373 g/mol. The second-order valence-electron chi connectivity index (χ2n) is 5.50. The van der Waals surface area contributed by atoms with Gasteiger partial charge in [-0.1, -0.05) is 30.3 Å². The number of para-hydroxylation sites is 1. The van der Waals surface area contributed by atoms with Gasteiger partial charge in [0, 0.05) is 9.61 Å². The molecule has 3 rings (SSSR count). The Labute approximate surface area is 140 Å². The van der Waals surface area contributed by atoms with Crippen molar-refractivity contribution in [1.29, 1.82) is 0 Å². The maximum absolute atomic E-state index is 5.77. The van der Waals surface area contributed by atoms with Crippen molar-refractivity contribution in [2.24, 2.45) is 0 Å². The van der Waals surface area contributed by atoms with Crippen LogP contribution in [-0.2, 0) is 0 Å². The third kappa shape index (κ3) is 3.40. The number of halogens is 1. The van der Waals surface area contributed by atoms with Gasteiger partial charge in [0.05, 0.1) is 6.61 Å². The van der Waals surface area contributed by atoms with E-state index in [1.807, 2.05) is 7.05 Å². The van der Waals surface area contributed by atoms with Gasteiger partial charge in [0.2, 0.25) is 0 Å². The average molecular weight is 393 g/mol. The summed E-state index contributed by atoms with van der Waals surface area (Å²) in [5.74, 6) is 1.62.